The summed E-state index contributed by atoms with van der Waals surface area (Å²) in [5, 5.41) is 21.6. The fourth-order valence-corrected chi connectivity index (χ4v) is 2.21. The first-order valence-electron chi connectivity index (χ1n) is 6.84. The lowest BCUT2D eigenvalue weighted by Crippen LogP contribution is -2.36. The number of hydrogen-bond donors (Lipinski definition) is 3. The third kappa shape index (κ3) is 4.18. The first-order chi connectivity index (χ1) is 10.1. The number of furan rings is 1. The summed E-state index contributed by atoms with van der Waals surface area (Å²) in [7, 11) is 0. The van der Waals surface area contributed by atoms with Gasteiger partial charge in [-0.15, -0.1) is 0 Å². The lowest BCUT2D eigenvalue weighted by atomic mass is 10.1. The molecule has 0 saturated carbocycles. The molecule has 0 amide bonds. The second-order valence-corrected chi connectivity index (χ2v) is 4.96. The molecule has 0 radical (unpaired) electrons. The van der Waals surface area contributed by atoms with Crippen LogP contribution < -0.4 is 5.32 Å². The summed E-state index contributed by atoms with van der Waals surface area (Å²) in [6, 6.07) is 12.6. The summed E-state index contributed by atoms with van der Waals surface area (Å²) in [6.07, 6.45) is 0.689. The van der Waals surface area contributed by atoms with Crippen molar-refractivity contribution in [3.05, 3.63) is 59.5 Å². The van der Waals surface area contributed by atoms with Gasteiger partial charge in [-0.2, -0.15) is 0 Å². The smallest absolute Gasteiger partial charge is 0.371 e. The summed E-state index contributed by atoms with van der Waals surface area (Å²) < 4.78 is 5.26. The zero-order chi connectivity index (χ0) is 15.2. The van der Waals surface area contributed by atoms with Crippen molar-refractivity contribution >= 4 is 5.97 Å². The zero-order valence-corrected chi connectivity index (χ0v) is 11.8. The van der Waals surface area contributed by atoms with Crippen molar-refractivity contribution in [3.63, 3.8) is 0 Å². The Balaban J connectivity index is 1.98. The standard InChI is InChI=1S/C16H19NO4/c1-11(14-7-8-15(21-14)16(19)20)17-13(10-18)9-12-5-3-2-4-6-12/h2-8,11,13,17-18H,9-10H2,1H3,(H,19,20). The van der Waals surface area contributed by atoms with Gasteiger partial charge in [-0.05, 0) is 31.0 Å². The van der Waals surface area contributed by atoms with Crippen molar-refractivity contribution < 1.29 is 19.4 Å². The lowest BCUT2D eigenvalue weighted by molar-refractivity contribution is 0.0659. The van der Waals surface area contributed by atoms with E-state index >= 15 is 0 Å². The van der Waals surface area contributed by atoms with Crippen LogP contribution in [-0.4, -0.2) is 28.8 Å². The molecule has 0 aliphatic rings. The quantitative estimate of drug-likeness (QED) is 0.728. The number of carboxylic acid groups (broad SMARTS) is 1. The molecular formula is C16H19NO4. The highest BCUT2D eigenvalue weighted by Gasteiger charge is 2.17. The fourth-order valence-electron chi connectivity index (χ4n) is 2.21. The number of carbonyl (C=O) groups is 1. The van der Waals surface area contributed by atoms with Crippen LogP contribution in [0.3, 0.4) is 0 Å². The van der Waals surface area contributed by atoms with Gasteiger partial charge in [0.15, 0.2) is 0 Å². The summed E-state index contributed by atoms with van der Waals surface area (Å²) >= 11 is 0. The maximum absolute atomic E-state index is 10.8. The first-order valence-corrected chi connectivity index (χ1v) is 6.84. The number of nitrogens with one attached hydrogen (secondary N) is 1. The monoisotopic (exact) mass is 289 g/mol. The van der Waals surface area contributed by atoms with Crippen molar-refractivity contribution in [2.75, 3.05) is 6.61 Å². The van der Waals surface area contributed by atoms with Gasteiger partial charge in [-0.25, -0.2) is 4.79 Å². The zero-order valence-electron chi connectivity index (χ0n) is 11.8. The van der Waals surface area contributed by atoms with Gasteiger partial charge in [0.2, 0.25) is 5.76 Å². The number of benzene rings is 1. The predicted octanol–water partition coefficient (Wildman–Crippen LogP) is 2.23. The average Bonchev–Trinajstić information content (AvgIpc) is 2.97. The molecule has 2 unspecified atom stereocenters. The number of rotatable bonds is 7. The Hall–Kier alpha value is -2.11. The minimum Gasteiger partial charge on any atom is -0.475 e. The van der Waals surface area contributed by atoms with E-state index in [-0.39, 0.29) is 24.5 Å². The van der Waals surface area contributed by atoms with Crippen molar-refractivity contribution in [2.24, 2.45) is 0 Å². The van der Waals surface area contributed by atoms with Gasteiger partial charge in [0.1, 0.15) is 5.76 Å². The van der Waals surface area contributed by atoms with Gasteiger partial charge in [-0.1, -0.05) is 30.3 Å². The van der Waals surface area contributed by atoms with Crippen molar-refractivity contribution in [1.82, 2.24) is 5.32 Å². The van der Waals surface area contributed by atoms with E-state index in [1.807, 2.05) is 37.3 Å². The molecule has 0 saturated heterocycles. The second-order valence-electron chi connectivity index (χ2n) is 4.96. The van der Waals surface area contributed by atoms with E-state index in [0.29, 0.717) is 12.2 Å². The SMILES string of the molecule is CC(NC(CO)Cc1ccccc1)c1ccc(C(=O)O)o1. The molecule has 1 aromatic carbocycles. The van der Waals surface area contributed by atoms with E-state index in [9.17, 15) is 9.90 Å². The van der Waals surface area contributed by atoms with Gasteiger partial charge >= 0.3 is 5.97 Å². The highest BCUT2D eigenvalue weighted by atomic mass is 16.4. The molecule has 1 heterocycles. The van der Waals surface area contributed by atoms with Crippen LogP contribution in [0.1, 0.15) is 34.8 Å². The van der Waals surface area contributed by atoms with Crippen LogP contribution in [0.2, 0.25) is 0 Å². The lowest BCUT2D eigenvalue weighted by Gasteiger charge is -2.20. The molecule has 0 fully saturated rings. The predicted molar refractivity (Wildman–Crippen MR) is 78.2 cm³/mol. The van der Waals surface area contributed by atoms with E-state index in [1.165, 1.54) is 6.07 Å². The normalized spacial score (nSPS) is 13.8. The third-order valence-corrected chi connectivity index (χ3v) is 3.30. The van der Waals surface area contributed by atoms with Crippen LogP contribution in [0.4, 0.5) is 0 Å². The largest absolute Gasteiger partial charge is 0.475 e. The van der Waals surface area contributed by atoms with E-state index in [0.717, 1.165) is 5.56 Å². The Morgan fingerprint density at radius 2 is 1.95 bits per heavy atom. The summed E-state index contributed by atoms with van der Waals surface area (Å²) in [5.41, 5.74) is 1.13. The van der Waals surface area contributed by atoms with E-state index in [2.05, 4.69) is 5.32 Å². The number of aliphatic hydroxyl groups excluding tert-OH is 1. The summed E-state index contributed by atoms with van der Waals surface area (Å²) in [4.78, 5) is 10.8. The summed E-state index contributed by atoms with van der Waals surface area (Å²) in [6.45, 7) is 1.86. The number of carboxylic acids is 1. The Morgan fingerprint density at radius 1 is 1.24 bits per heavy atom. The van der Waals surface area contributed by atoms with Gasteiger partial charge in [0, 0.05) is 6.04 Å². The van der Waals surface area contributed by atoms with Gasteiger partial charge in [0.05, 0.1) is 12.6 Å². The molecule has 2 atom stereocenters. The van der Waals surface area contributed by atoms with Gasteiger partial charge in [-0.3, -0.25) is 0 Å². The molecule has 0 aliphatic heterocycles. The minimum absolute atomic E-state index is 0.00820. The van der Waals surface area contributed by atoms with Crippen LogP contribution in [0.15, 0.2) is 46.9 Å². The Bertz CT molecular complexity index is 579. The maximum Gasteiger partial charge on any atom is 0.371 e. The van der Waals surface area contributed by atoms with E-state index in [4.69, 9.17) is 9.52 Å². The number of hydrogen-bond acceptors (Lipinski definition) is 4. The van der Waals surface area contributed by atoms with E-state index < -0.39 is 5.97 Å². The van der Waals surface area contributed by atoms with Crippen molar-refractivity contribution in [3.8, 4) is 0 Å². The molecule has 0 bridgehead atoms. The van der Waals surface area contributed by atoms with Crippen LogP contribution in [0, 0.1) is 0 Å². The van der Waals surface area contributed by atoms with Gasteiger partial charge in [0.25, 0.3) is 0 Å². The topological polar surface area (TPSA) is 82.7 Å². The van der Waals surface area contributed by atoms with Gasteiger partial charge < -0.3 is 19.9 Å². The molecule has 0 spiro atoms. The molecule has 5 nitrogen and oxygen atoms in total. The van der Waals surface area contributed by atoms with E-state index in [1.54, 1.807) is 6.07 Å². The molecular weight excluding hydrogens is 270 g/mol. The second kappa shape index (κ2) is 7.06. The highest BCUT2D eigenvalue weighted by molar-refractivity contribution is 5.84. The first kappa shape index (κ1) is 15.3. The minimum atomic E-state index is -1.09. The average molecular weight is 289 g/mol. The maximum atomic E-state index is 10.8. The highest BCUT2D eigenvalue weighted by Crippen LogP contribution is 2.17. The van der Waals surface area contributed by atoms with Crippen molar-refractivity contribution in [1.29, 1.82) is 0 Å². The molecule has 112 valence electrons. The number of aliphatic hydroxyl groups is 1. The third-order valence-electron chi connectivity index (χ3n) is 3.30. The Labute approximate surface area is 123 Å². The molecule has 3 N–H and O–H groups in total. The van der Waals surface area contributed by atoms with Crippen molar-refractivity contribution in [2.45, 2.75) is 25.4 Å². The van der Waals surface area contributed by atoms with Crippen LogP contribution in [0.5, 0.6) is 0 Å². The molecule has 5 heteroatoms. The Morgan fingerprint density at radius 3 is 2.52 bits per heavy atom. The number of aromatic carboxylic acids is 1. The molecule has 2 rings (SSSR count). The molecule has 21 heavy (non-hydrogen) atoms. The van der Waals surface area contributed by atoms with Crippen LogP contribution >= 0.6 is 0 Å². The fraction of sp³-hybridized carbons (Fsp3) is 0.312. The summed E-state index contributed by atoms with van der Waals surface area (Å²) in [5.74, 6) is -0.627. The molecule has 0 aliphatic carbocycles. The van der Waals surface area contributed by atoms with Crippen LogP contribution in [-0.2, 0) is 6.42 Å². The Kier molecular flexibility index (Phi) is 5.14. The molecule has 1 aromatic heterocycles. The van der Waals surface area contributed by atoms with Crippen LogP contribution in [0.25, 0.3) is 0 Å². The molecule has 2 aromatic rings.